The summed E-state index contributed by atoms with van der Waals surface area (Å²) >= 11 is 0. The first-order valence-corrected chi connectivity index (χ1v) is 7.77. The van der Waals surface area contributed by atoms with E-state index in [9.17, 15) is 9.90 Å². The Morgan fingerprint density at radius 2 is 2.00 bits per heavy atom. The van der Waals surface area contributed by atoms with Crippen LogP contribution in [0.5, 0.6) is 0 Å². The molecular formula is C17H26O2. The van der Waals surface area contributed by atoms with Crippen molar-refractivity contribution in [3.63, 3.8) is 0 Å². The number of carbonyl (C=O) groups is 1. The first-order valence-electron chi connectivity index (χ1n) is 7.77. The fourth-order valence-corrected chi connectivity index (χ4v) is 5.38. The number of allylic oxidation sites excluding steroid dienone is 1. The summed E-state index contributed by atoms with van der Waals surface area (Å²) in [4.78, 5) is 11.7. The van der Waals surface area contributed by atoms with E-state index < -0.39 is 0 Å². The second kappa shape index (κ2) is 4.18. The Hall–Kier alpha value is -0.630. The van der Waals surface area contributed by atoms with Crippen LogP contribution in [0.1, 0.15) is 59.3 Å². The van der Waals surface area contributed by atoms with Gasteiger partial charge in [0.25, 0.3) is 0 Å². The smallest absolute Gasteiger partial charge is 0.155 e. The van der Waals surface area contributed by atoms with E-state index in [2.05, 4.69) is 20.8 Å². The van der Waals surface area contributed by atoms with Gasteiger partial charge in [-0.1, -0.05) is 27.2 Å². The standard InChI is InChI=1S/C17H26O2/c1-16(2)7-4-8-17(3)13-6-5-11(18)9-12(13)14(19)10-15(16)17/h9,13-15,19H,4-8,10H2,1-3H3/t13-,14+,15-,17+/m0/s1. The van der Waals surface area contributed by atoms with Crippen LogP contribution in [0.3, 0.4) is 0 Å². The lowest BCUT2D eigenvalue weighted by Crippen LogP contribution is -2.53. The van der Waals surface area contributed by atoms with Crippen molar-refractivity contribution in [2.24, 2.45) is 22.7 Å². The summed E-state index contributed by atoms with van der Waals surface area (Å²) in [6.45, 7) is 7.15. The molecule has 0 aliphatic heterocycles. The Balaban J connectivity index is 2.03. The van der Waals surface area contributed by atoms with E-state index in [1.54, 1.807) is 6.08 Å². The Kier molecular flexibility index (Phi) is 2.94. The van der Waals surface area contributed by atoms with Crippen LogP contribution in [-0.4, -0.2) is 17.0 Å². The second-order valence-corrected chi connectivity index (χ2v) is 7.85. The molecule has 4 atom stereocenters. The fourth-order valence-electron chi connectivity index (χ4n) is 5.38. The van der Waals surface area contributed by atoms with E-state index in [-0.39, 0.29) is 17.3 Å². The van der Waals surface area contributed by atoms with Crippen LogP contribution in [0, 0.1) is 22.7 Å². The van der Waals surface area contributed by atoms with Gasteiger partial charge in [-0.25, -0.2) is 0 Å². The molecular weight excluding hydrogens is 236 g/mol. The Labute approximate surface area is 116 Å². The maximum Gasteiger partial charge on any atom is 0.155 e. The van der Waals surface area contributed by atoms with Crippen LogP contribution in [0.25, 0.3) is 0 Å². The number of hydrogen-bond donors (Lipinski definition) is 1. The number of ketones is 1. The highest BCUT2D eigenvalue weighted by molar-refractivity contribution is 5.91. The molecule has 0 bridgehead atoms. The third-order valence-corrected chi connectivity index (χ3v) is 6.33. The molecule has 0 unspecified atom stereocenters. The first-order chi connectivity index (χ1) is 8.84. The Morgan fingerprint density at radius 3 is 2.74 bits per heavy atom. The Morgan fingerprint density at radius 1 is 1.26 bits per heavy atom. The van der Waals surface area contributed by atoms with E-state index in [1.165, 1.54) is 19.3 Å². The number of hydrogen-bond acceptors (Lipinski definition) is 2. The second-order valence-electron chi connectivity index (χ2n) is 7.85. The predicted molar refractivity (Wildman–Crippen MR) is 75.7 cm³/mol. The van der Waals surface area contributed by atoms with Gasteiger partial charge in [0.15, 0.2) is 5.78 Å². The zero-order chi connectivity index (χ0) is 13.8. The number of aliphatic hydroxyl groups excluding tert-OH is 1. The number of aliphatic hydroxyl groups is 1. The molecule has 3 rings (SSSR count). The fraction of sp³-hybridized carbons (Fsp3) is 0.824. The van der Waals surface area contributed by atoms with Crippen LogP contribution in [0.15, 0.2) is 11.6 Å². The van der Waals surface area contributed by atoms with Crippen LogP contribution in [0.2, 0.25) is 0 Å². The maximum absolute atomic E-state index is 11.7. The van der Waals surface area contributed by atoms with Gasteiger partial charge < -0.3 is 5.11 Å². The van der Waals surface area contributed by atoms with Gasteiger partial charge in [0.05, 0.1) is 6.10 Å². The normalized spacial score (nSPS) is 45.2. The molecule has 0 spiro atoms. The molecule has 0 aromatic carbocycles. The zero-order valence-electron chi connectivity index (χ0n) is 12.4. The highest BCUT2D eigenvalue weighted by Crippen LogP contribution is 2.62. The lowest BCUT2D eigenvalue weighted by atomic mass is 9.46. The van der Waals surface area contributed by atoms with Crippen molar-refractivity contribution in [3.8, 4) is 0 Å². The van der Waals surface area contributed by atoms with Gasteiger partial charge in [0, 0.05) is 6.42 Å². The maximum atomic E-state index is 11.7. The van der Waals surface area contributed by atoms with E-state index in [0.717, 1.165) is 18.4 Å². The van der Waals surface area contributed by atoms with Gasteiger partial charge in [-0.05, 0) is 60.0 Å². The van der Waals surface area contributed by atoms with Gasteiger partial charge in [0.2, 0.25) is 0 Å². The zero-order valence-corrected chi connectivity index (χ0v) is 12.4. The largest absolute Gasteiger partial charge is 0.389 e. The molecule has 3 aliphatic rings. The van der Waals surface area contributed by atoms with Gasteiger partial charge >= 0.3 is 0 Å². The third kappa shape index (κ3) is 1.91. The minimum atomic E-state index is -0.385. The van der Waals surface area contributed by atoms with Gasteiger partial charge in [0.1, 0.15) is 0 Å². The van der Waals surface area contributed by atoms with Crippen LogP contribution in [0.4, 0.5) is 0 Å². The topological polar surface area (TPSA) is 37.3 Å². The number of rotatable bonds is 0. The molecule has 106 valence electrons. The Bertz CT molecular complexity index is 435. The highest BCUT2D eigenvalue weighted by Gasteiger charge is 2.55. The molecule has 0 radical (unpaired) electrons. The highest BCUT2D eigenvalue weighted by atomic mass is 16.3. The van der Waals surface area contributed by atoms with Crippen LogP contribution >= 0.6 is 0 Å². The summed E-state index contributed by atoms with van der Waals surface area (Å²) < 4.78 is 0. The molecule has 0 saturated heterocycles. The van der Waals surface area contributed by atoms with Gasteiger partial charge in [-0.2, -0.15) is 0 Å². The summed E-state index contributed by atoms with van der Waals surface area (Å²) in [5.41, 5.74) is 1.65. The van der Waals surface area contributed by atoms with Crippen LogP contribution < -0.4 is 0 Å². The van der Waals surface area contributed by atoms with E-state index in [0.29, 0.717) is 23.7 Å². The quantitative estimate of drug-likeness (QED) is 0.725. The molecule has 0 heterocycles. The average molecular weight is 262 g/mol. The SMILES string of the molecule is CC1(C)CCC[C@]2(C)[C@H]3CCC(=O)C=C3[C@H](O)C[C@@H]12. The third-order valence-electron chi connectivity index (χ3n) is 6.33. The monoisotopic (exact) mass is 262 g/mol. The summed E-state index contributed by atoms with van der Waals surface area (Å²) in [6, 6.07) is 0. The molecule has 3 aliphatic carbocycles. The minimum Gasteiger partial charge on any atom is -0.389 e. The molecule has 0 amide bonds. The first kappa shape index (κ1) is 13.4. The molecule has 2 saturated carbocycles. The summed E-state index contributed by atoms with van der Waals surface area (Å²) in [6.07, 6.45) is 7.66. The van der Waals surface area contributed by atoms with Crippen molar-refractivity contribution in [2.45, 2.75) is 65.4 Å². The van der Waals surface area contributed by atoms with Crippen molar-refractivity contribution in [1.29, 1.82) is 0 Å². The average Bonchev–Trinajstić information content (AvgIpc) is 2.32. The summed E-state index contributed by atoms with van der Waals surface area (Å²) in [7, 11) is 0. The van der Waals surface area contributed by atoms with E-state index >= 15 is 0 Å². The van der Waals surface area contributed by atoms with Crippen LogP contribution in [-0.2, 0) is 4.79 Å². The van der Waals surface area contributed by atoms with Crippen molar-refractivity contribution >= 4 is 5.78 Å². The van der Waals surface area contributed by atoms with Crippen molar-refractivity contribution in [1.82, 2.24) is 0 Å². The predicted octanol–water partition coefficient (Wildman–Crippen LogP) is 3.49. The van der Waals surface area contributed by atoms with Crippen molar-refractivity contribution in [3.05, 3.63) is 11.6 Å². The van der Waals surface area contributed by atoms with E-state index in [4.69, 9.17) is 0 Å². The molecule has 2 nitrogen and oxygen atoms in total. The summed E-state index contributed by atoms with van der Waals surface area (Å²) in [5, 5.41) is 10.5. The minimum absolute atomic E-state index is 0.211. The van der Waals surface area contributed by atoms with Crippen molar-refractivity contribution < 1.29 is 9.90 Å². The van der Waals surface area contributed by atoms with Crippen molar-refractivity contribution in [2.75, 3.05) is 0 Å². The lowest BCUT2D eigenvalue weighted by molar-refractivity contribution is -0.119. The molecule has 1 N–H and O–H groups in total. The lowest BCUT2D eigenvalue weighted by Gasteiger charge is -2.59. The molecule has 2 fully saturated rings. The molecule has 19 heavy (non-hydrogen) atoms. The van der Waals surface area contributed by atoms with Gasteiger partial charge in [-0.3, -0.25) is 4.79 Å². The summed E-state index contributed by atoms with van der Waals surface area (Å²) in [5.74, 6) is 1.22. The number of carbonyl (C=O) groups excluding carboxylic acids is 1. The molecule has 0 aromatic heterocycles. The number of fused-ring (bicyclic) bond motifs is 3. The van der Waals surface area contributed by atoms with Gasteiger partial charge in [-0.15, -0.1) is 0 Å². The van der Waals surface area contributed by atoms with E-state index in [1.807, 2.05) is 0 Å². The molecule has 0 aromatic rings. The molecule has 2 heteroatoms.